The number of rotatable bonds is 4. The molecule has 1 heterocycles. The Kier molecular flexibility index (Phi) is 5.61. The van der Waals surface area contributed by atoms with E-state index in [-0.39, 0.29) is 15.9 Å². The van der Waals surface area contributed by atoms with Gasteiger partial charge in [-0.05, 0) is 45.5 Å². The molecule has 1 aliphatic carbocycles. The van der Waals surface area contributed by atoms with Crippen LogP contribution >= 0.6 is 15.9 Å². The van der Waals surface area contributed by atoms with Gasteiger partial charge in [0.25, 0.3) is 11.9 Å². The summed E-state index contributed by atoms with van der Waals surface area (Å²) in [6, 6.07) is 0.145. The minimum absolute atomic E-state index is 0.0868. The van der Waals surface area contributed by atoms with Gasteiger partial charge in [-0.3, -0.25) is 4.79 Å². The lowest BCUT2D eigenvalue weighted by molar-refractivity contribution is -0.147. The Hall–Kier alpha value is -1.44. The van der Waals surface area contributed by atoms with Crippen LogP contribution in [0.2, 0.25) is 0 Å². The molecule has 140 valence electrons. The zero-order chi connectivity index (χ0) is 19.1. The molecule has 1 aromatic rings. The summed E-state index contributed by atoms with van der Waals surface area (Å²) in [4.78, 5) is 22.9. The average molecular weight is 418 g/mol. The van der Waals surface area contributed by atoms with Gasteiger partial charge in [-0.2, -0.15) is 9.78 Å². The van der Waals surface area contributed by atoms with Gasteiger partial charge in [0.2, 0.25) is 0 Å². The maximum absolute atomic E-state index is 13.6. The number of nitrogens with one attached hydrogen (secondary N) is 1. The number of carbonyl (C=O) groups is 1. The molecule has 2 rings (SSSR count). The third-order valence-corrected chi connectivity index (χ3v) is 6.94. The first-order chi connectivity index (χ1) is 11.5. The number of aliphatic carboxylic acids is 1. The van der Waals surface area contributed by atoms with E-state index in [1.807, 2.05) is 0 Å². The molecule has 0 amide bonds. The lowest BCUT2D eigenvalue weighted by Crippen LogP contribution is -2.48. The number of carboxylic acid groups (broad SMARTS) is 1. The Balaban J connectivity index is 2.28. The number of nitrogens with zero attached hydrogens (tertiary/aromatic N) is 2. The molecular weight excluding hydrogens is 393 g/mol. The molecular formula is C17H25BrFN3O3. The van der Waals surface area contributed by atoms with Gasteiger partial charge in [-0.1, -0.05) is 34.6 Å². The van der Waals surface area contributed by atoms with Crippen molar-refractivity contribution in [2.45, 2.75) is 53.4 Å². The second-order valence-corrected chi connectivity index (χ2v) is 8.45. The van der Waals surface area contributed by atoms with Crippen molar-refractivity contribution in [3.8, 4) is 0 Å². The minimum Gasteiger partial charge on any atom is -0.478 e. The predicted octanol–water partition coefficient (Wildman–Crippen LogP) is 3.68. The minimum atomic E-state index is -2.51. The molecule has 5 atom stereocenters. The summed E-state index contributed by atoms with van der Waals surface area (Å²) in [5.41, 5.74) is -0.140. The zero-order valence-electron chi connectivity index (χ0n) is 15.1. The monoisotopic (exact) mass is 417 g/mol. The number of aromatic nitrogens is 2. The van der Waals surface area contributed by atoms with Gasteiger partial charge in [0, 0.05) is 6.04 Å². The molecule has 1 aromatic heterocycles. The second kappa shape index (κ2) is 7.05. The molecule has 0 aromatic carbocycles. The van der Waals surface area contributed by atoms with Gasteiger partial charge in [-0.15, -0.1) is 0 Å². The smallest absolute Gasteiger partial charge is 0.361 e. The summed E-state index contributed by atoms with van der Waals surface area (Å²) in [6.45, 7) is 11.2. The molecule has 1 unspecified atom stereocenters. The van der Waals surface area contributed by atoms with Gasteiger partial charge in [0.15, 0.2) is 0 Å². The van der Waals surface area contributed by atoms with Crippen molar-refractivity contribution in [1.29, 1.82) is 0 Å². The Bertz CT molecular complexity index is 722. The Morgan fingerprint density at radius 3 is 2.64 bits per heavy atom. The summed E-state index contributed by atoms with van der Waals surface area (Å²) in [7, 11) is 0. The Morgan fingerprint density at radius 1 is 1.48 bits per heavy atom. The molecule has 0 bridgehead atoms. The molecule has 1 fully saturated rings. The van der Waals surface area contributed by atoms with E-state index in [2.05, 4.69) is 61.0 Å². The number of carboxylic acids is 1. The highest BCUT2D eigenvalue weighted by Crippen LogP contribution is 2.48. The van der Waals surface area contributed by atoms with E-state index < -0.39 is 17.8 Å². The SMILES string of the molecule is C[C@@H]1[C@@H](C)C(C)(C)[C@@H](C)C[C@H]1Nc1cnn(C(F)C(=O)O)c(=O)c1Br. The van der Waals surface area contributed by atoms with Crippen LogP contribution in [0.4, 0.5) is 10.1 Å². The summed E-state index contributed by atoms with van der Waals surface area (Å²) < 4.78 is 14.0. The van der Waals surface area contributed by atoms with Gasteiger partial charge in [0.05, 0.1) is 11.9 Å². The lowest BCUT2D eigenvalue weighted by atomic mass is 9.58. The van der Waals surface area contributed by atoms with Gasteiger partial charge in [0.1, 0.15) is 4.47 Å². The fraction of sp³-hybridized carbons (Fsp3) is 0.706. The molecule has 0 spiro atoms. The molecule has 25 heavy (non-hydrogen) atoms. The number of alkyl halides is 1. The maximum Gasteiger partial charge on any atom is 0.361 e. The van der Waals surface area contributed by atoms with Crippen LogP contribution in [0.3, 0.4) is 0 Å². The lowest BCUT2D eigenvalue weighted by Gasteiger charge is -2.50. The quantitative estimate of drug-likeness (QED) is 0.780. The van der Waals surface area contributed by atoms with Crippen molar-refractivity contribution < 1.29 is 14.3 Å². The molecule has 8 heteroatoms. The highest BCUT2D eigenvalue weighted by Gasteiger charge is 2.43. The molecule has 1 aliphatic rings. The fourth-order valence-corrected chi connectivity index (χ4v) is 3.97. The standard InChI is InChI=1S/C17H25BrFN3O3/c1-8-6-11(9(2)10(3)17(8,4)5)21-12-7-20-22(14(19)16(24)25)15(23)13(12)18/h7-11,14,21H,6H2,1-5H3,(H,24,25)/t8-,9+,10+,11+,14?/m0/s1. The van der Waals surface area contributed by atoms with Crippen molar-refractivity contribution in [3.63, 3.8) is 0 Å². The fourth-order valence-electron chi connectivity index (χ4n) is 3.58. The van der Waals surface area contributed by atoms with Gasteiger partial charge >= 0.3 is 5.97 Å². The first kappa shape index (κ1) is 19.9. The second-order valence-electron chi connectivity index (χ2n) is 7.65. The third kappa shape index (κ3) is 3.59. The van der Waals surface area contributed by atoms with Crippen molar-refractivity contribution in [2.24, 2.45) is 23.2 Å². The van der Waals surface area contributed by atoms with Gasteiger partial charge < -0.3 is 10.4 Å². The molecule has 0 saturated heterocycles. The topological polar surface area (TPSA) is 84.2 Å². The third-order valence-electron chi connectivity index (χ3n) is 6.18. The predicted molar refractivity (Wildman–Crippen MR) is 97.3 cm³/mol. The first-order valence-electron chi connectivity index (χ1n) is 8.39. The summed E-state index contributed by atoms with van der Waals surface area (Å²) in [6.07, 6.45) is -0.273. The highest BCUT2D eigenvalue weighted by molar-refractivity contribution is 9.10. The zero-order valence-corrected chi connectivity index (χ0v) is 16.7. The molecule has 0 radical (unpaired) electrons. The van der Waals surface area contributed by atoms with E-state index in [0.29, 0.717) is 28.1 Å². The van der Waals surface area contributed by atoms with Crippen LogP contribution in [0, 0.1) is 23.2 Å². The van der Waals surface area contributed by atoms with E-state index in [9.17, 15) is 14.0 Å². The van der Waals surface area contributed by atoms with Crippen LogP contribution in [0.15, 0.2) is 15.5 Å². The van der Waals surface area contributed by atoms with Gasteiger partial charge in [-0.25, -0.2) is 9.18 Å². The van der Waals surface area contributed by atoms with E-state index in [1.54, 1.807) is 0 Å². The van der Waals surface area contributed by atoms with Crippen LogP contribution in [-0.2, 0) is 4.79 Å². The molecule has 1 saturated carbocycles. The van der Waals surface area contributed by atoms with Crippen LogP contribution in [-0.4, -0.2) is 26.9 Å². The number of halogens is 2. The summed E-state index contributed by atoms with van der Waals surface area (Å²) >= 11 is 3.15. The Labute approximate surface area is 154 Å². The number of anilines is 1. The number of hydrogen-bond acceptors (Lipinski definition) is 4. The molecule has 6 nitrogen and oxygen atoms in total. The first-order valence-corrected chi connectivity index (χ1v) is 9.18. The molecule has 0 aliphatic heterocycles. The average Bonchev–Trinajstić information content (AvgIpc) is 2.54. The maximum atomic E-state index is 13.6. The molecule has 2 N–H and O–H groups in total. The largest absolute Gasteiger partial charge is 0.478 e. The van der Waals surface area contributed by atoms with E-state index in [0.717, 1.165) is 6.42 Å². The van der Waals surface area contributed by atoms with E-state index in [1.165, 1.54) is 6.20 Å². The summed E-state index contributed by atoms with van der Waals surface area (Å²) in [5.74, 6) is -0.421. The van der Waals surface area contributed by atoms with Crippen LogP contribution in [0.25, 0.3) is 0 Å². The van der Waals surface area contributed by atoms with Crippen molar-refractivity contribution in [1.82, 2.24) is 9.78 Å². The summed E-state index contributed by atoms with van der Waals surface area (Å²) in [5, 5.41) is 15.7. The highest BCUT2D eigenvalue weighted by atomic mass is 79.9. The van der Waals surface area contributed by atoms with Crippen molar-refractivity contribution >= 4 is 27.6 Å². The number of hydrogen-bond donors (Lipinski definition) is 2. The van der Waals surface area contributed by atoms with Crippen LogP contribution in [0.1, 0.15) is 47.3 Å². The van der Waals surface area contributed by atoms with Crippen molar-refractivity contribution in [2.75, 3.05) is 5.32 Å². The van der Waals surface area contributed by atoms with Crippen LogP contribution in [0.5, 0.6) is 0 Å². The van der Waals surface area contributed by atoms with Crippen molar-refractivity contribution in [3.05, 3.63) is 21.0 Å². The van der Waals surface area contributed by atoms with Crippen LogP contribution < -0.4 is 10.9 Å². The van der Waals surface area contributed by atoms with E-state index in [4.69, 9.17) is 5.11 Å². The Morgan fingerprint density at radius 2 is 2.08 bits per heavy atom. The van der Waals surface area contributed by atoms with E-state index >= 15 is 0 Å². The normalized spacial score (nSPS) is 29.9.